The van der Waals surface area contributed by atoms with Gasteiger partial charge < -0.3 is 10.2 Å². The highest BCUT2D eigenvalue weighted by molar-refractivity contribution is 4.72. The summed E-state index contributed by atoms with van der Waals surface area (Å²) in [5.74, 6) is 0.793. The molecule has 0 saturated carbocycles. The predicted molar refractivity (Wildman–Crippen MR) is 69.3 cm³/mol. The van der Waals surface area contributed by atoms with Crippen LogP contribution in [0.15, 0.2) is 0 Å². The Balaban J connectivity index is 3.91. The molecule has 0 fully saturated rings. The number of likely N-dealkylation sites (N-methyl/N-ethyl adjacent to an activating group) is 2. The molecule has 0 amide bonds. The van der Waals surface area contributed by atoms with Crippen LogP contribution in [0.1, 0.15) is 47.0 Å². The summed E-state index contributed by atoms with van der Waals surface area (Å²) in [6, 6.07) is 1.34. The second kappa shape index (κ2) is 8.12. The van der Waals surface area contributed by atoms with Gasteiger partial charge in [-0.15, -0.1) is 0 Å². The number of hydrogen-bond donors (Lipinski definition) is 1. The van der Waals surface area contributed by atoms with Crippen LogP contribution >= 0.6 is 0 Å². The van der Waals surface area contributed by atoms with Crippen LogP contribution in [0.2, 0.25) is 0 Å². The van der Waals surface area contributed by atoms with E-state index in [-0.39, 0.29) is 0 Å². The molecule has 2 heteroatoms. The fourth-order valence-electron chi connectivity index (χ4n) is 2.07. The molecule has 15 heavy (non-hydrogen) atoms. The van der Waals surface area contributed by atoms with Gasteiger partial charge in [0.05, 0.1) is 0 Å². The van der Waals surface area contributed by atoms with Crippen LogP contribution in [0.3, 0.4) is 0 Å². The van der Waals surface area contributed by atoms with Crippen molar-refractivity contribution >= 4 is 0 Å². The molecule has 0 heterocycles. The SMILES string of the molecule is CCCC(CN(C)C(C)CC(C)C)NC. The summed E-state index contributed by atoms with van der Waals surface area (Å²) in [6.45, 7) is 10.3. The highest BCUT2D eigenvalue weighted by Crippen LogP contribution is 2.10. The van der Waals surface area contributed by atoms with E-state index in [1.54, 1.807) is 0 Å². The summed E-state index contributed by atoms with van der Waals surface area (Å²) in [6.07, 6.45) is 3.83. The van der Waals surface area contributed by atoms with E-state index in [9.17, 15) is 0 Å². The van der Waals surface area contributed by atoms with Crippen LogP contribution in [-0.4, -0.2) is 37.6 Å². The first-order chi connectivity index (χ1) is 7.01. The topological polar surface area (TPSA) is 15.3 Å². The van der Waals surface area contributed by atoms with Gasteiger partial charge in [-0.05, 0) is 39.8 Å². The van der Waals surface area contributed by atoms with E-state index in [1.165, 1.54) is 19.3 Å². The first-order valence-electron chi connectivity index (χ1n) is 6.38. The third-order valence-corrected chi connectivity index (χ3v) is 3.12. The van der Waals surface area contributed by atoms with Gasteiger partial charge in [-0.25, -0.2) is 0 Å². The van der Waals surface area contributed by atoms with Crippen molar-refractivity contribution in [1.82, 2.24) is 10.2 Å². The van der Waals surface area contributed by atoms with Crippen LogP contribution < -0.4 is 5.32 Å². The number of nitrogens with one attached hydrogen (secondary N) is 1. The summed E-state index contributed by atoms with van der Waals surface area (Å²) < 4.78 is 0. The van der Waals surface area contributed by atoms with Crippen LogP contribution in [0.5, 0.6) is 0 Å². The Kier molecular flexibility index (Phi) is 8.07. The molecule has 0 rings (SSSR count). The van der Waals surface area contributed by atoms with Gasteiger partial charge in [-0.1, -0.05) is 27.2 Å². The minimum absolute atomic E-state index is 0.648. The first-order valence-corrected chi connectivity index (χ1v) is 6.38. The van der Waals surface area contributed by atoms with Crippen LogP contribution in [0.4, 0.5) is 0 Å². The van der Waals surface area contributed by atoms with Crippen molar-refractivity contribution in [3.63, 3.8) is 0 Å². The van der Waals surface area contributed by atoms with E-state index >= 15 is 0 Å². The fraction of sp³-hybridized carbons (Fsp3) is 1.00. The summed E-state index contributed by atoms with van der Waals surface area (Å²) in [4.78, 5) is 2.48. The maximum absolute atomic E-state index is 3.40. The molecule has 0 aliphatic heterocycles. The third kappa shape index (κ3) is 6.91. The van der Waals surface area contributed by atoms with Crippen LogP contribution in [0.25, 0.3) is 0 Å². The van der Waals surface area contributed by atoms with Crippen LogP contribution in [0, 0.1) is 5.92 Å². The molecule has 92 valence electrons. The molecule has 2 unspecified atom stereocenters. The van der Waals surface area contributed by atoms with Gasteiger partial charge in [0, 0.05) is 18.6 Å². The maximum atomic E-state index is 3.40. The number of nitrogens with zero attached hydrogens (tertiary/aromatic N) is 1. The Morgan fingerprint density at radius 3 is 2.20 bits per heavy atom. The minimum atomic E-state index is 0.648. The van der Waals surface area contributed by atoms with Crippen LogP contribution in [-0.2, 0) is 0 Å². The van der Waals surface area contributed by atoms with E-state index in [2.05, 4.69) is 52.0 Å². The van der Waals surface area contributed by atoms with Crippen molar-refractivity contribution in [2.45, 2.75) is 59.0 Å². The number of rotatable bonds is 8. The Hall–Kier alpha value is -0.0800. The average Bonchev–Trinajstić information content (AvgIpc) is 2.15. The highest BCUT2D eigenvalue weighted by atomic mass is 15.1. The molecule has 0 aliphatic rings. The molecule has 0 aliphatic carbocycles. The zero-order valence-electron chi connectivity index (χ0n) is 11.5. The zero-order chi connectivity index (χ0) is 11.8. The Morgan fingerprint density at radius 2 is 1.80 bits per heavy atom. The molecule has 0 radical (unpaired) electrons. The second-order valence-electron chi connectivity index (χ2n) is 5.19. The van der Waals surface area contributed by atoms with Crippen molar-refractivity contribution in [3.8, 4) is 0 Å². The van der Waals surface area contributed by atoms with Gasteiger partial charge in [-0.2, -0.15) is 0 Å². The lowest BCUT2D eigenvalue weighted by Gasteiger charge is -2.29. The largest absolute Gasteiger partial charge is 0.316 e. The summed E-state index contributed by atoms with van der Waals surface area (Å²) in [7, 11) is 4.31. The van der Waals surface area contributed by atoms with Gasteiger partial charge >= 0.3 is 0 Å². The summed E-state index contributed by atoms with van der Waals surface area (Å²) >= 11 is 0. The molecule has 0 aromatic heterocycles. The second-order valence-corrected chi connectivity index (χ2v) is 5.19. The van der Waals surface area contributed by atoms with Crippen molar-refractivity contribution in [1.29, 1.82) is 0 Å². The van der Waals surface area contributed by atoms with Gasteiger partial charge in [0.15, 0.2) is 0 Å². The third-order valence-electron chi connectivity index (χ3n) is 3.12. The maximum Gasteiger partial charge on any atom is 0.0191 e. The lowest BCUT2D eigenvalue weighted by molar-refractivity contribution is 0.204. The minimum Gasteiger partial charge on any atom is -0.316 e. The van der Waals surface area contributed by atoms with E-state index in [0.29, 0.717) is 12.1 Å². The highest BCUT2D eigenvalue weighted by Gasteiger charge is 2.14. The molecule has 0 aromatic carbocycles. The van der Waals surface area contributed by atoms with Gasteiger partial charge in [0.1, 0.15) is 0 Å². The van der Waals surface area contributed by atoms with Gasteiger partial charge in [0.2, 0.25) is 0 Å². The predicted octanol–water partition coefficient (Wildman–Crippen LogP) is 2.74. The van der Waals surface area contributed by atoms with Gasteiger partial charge in [0.25, 0.3) is 0 Å². The molecule has 0 bridgehead atoms. The smallest absolute Gasteiger partial charge is 0.0191 e. The molecule has 1 N–H and O–H groups in total. The van der Waals surface area contributed by atoms with Gasteiger partial charge in [-0.3, -0.25) is 0 Å². The fourth-order valence-corrected chi connectivity index (χ4v) is 2.07. The van der Waals surface area contributed by atoms with E-state index in [1.807, 2.05) is 0 Å². The molecular weight excluding hydrogens is 184 g/mol. The molecule has 2 atom stereocenters. The lowest BCUT2D eigenvalue weighted by Crippen LogP contribution is -2.41. The molecule has 2 nitrogen and oxygen atoms in total. The standard InChI is InChI=1S/C13H30N2/c1-7-8-13(14-5)10-15(6)12(4)9-11(2)3/h11-14H,7-10H2,1-6H3. The van der Waals surface area contributed by atoms with E-state index in [4.69, 9.17) is 0 Å². The Bertz CT molecular complexity index is 145. The van der Waals surface area contributed by atoms with E-state index < -0.39 is 0 Å². The Labute approximate surface area is 96.4 Å². The number of hydrogen-bond acceptors (Lipinski definition) is 2. The Morgan fingerprint density at radius 1 is 1.20 bits per heavy atom. The molecule has 0 aromatic rings. The average molecular weight is 214 g/mol. The van der Waals surface area contributed by atoms with E-state index in [0.717, 1.165) is 12.5 Å². The van der Waals surface area contributed by atoms with Crippen molar-refractivity contribution < 1.29 is 0 Å². The quantitative estimate of drug-likeness (QED) is 0.668. The molecule has 0 spiro atoms. The first kappa shape index (κ1) is 14.9. The molecule has 0 saturated heterocycles. The summed E-state index contributed by atoms with van der Waals surface area (Å²) in [5.41, 5.74) is 0. The normalized spacial score (nSPS) is 16.0. The van der Waals surface area contributed by atoms with Crippen molar-refractivity contribution in [2.75, 3.05) is 20.6 Å². The molecular formula is C13H30N2. The zero-order valence-corrected chi connectivity index (χ0v) is 11.5. The lowest BCUT2D eigenvalue weighted by atomic mass is 10.0. The van der Waals surface area contributed by atoms with Crippen molar-refractivity contribution in [2.24, 2.45) is 5.92 Å². The monoisotopic (exact) mass is 214 g/mol. The van der Waals surface area contributed by atoms with Crippen molar-refractivity contribution in [3.05, 3.63) is 0 Å². The summed E-state index contributed by atoms with van der Waals surface area (Å²) in [5, 5.41) is 3.40.